The Hall–Kier alpha value is -3.27. The molecule has 0 aliphatic heterocycles. The fraction of sp³-hybridized carbons (Fsp3) is 0.0714. The van der Waals surface area contributed by atoms with Crippen LogP contribution in [0.5, 0.6) is 0 Å². The highest BCUT2D eigenvalue weighted by Crippen LogP contribution is 2.07. The second kappa shape index (κ2) is 6.87. The van der Waals surface area contributed by atoms with E-state index in [1.807, 2.05) is 6.07 Å². The van der Waals surface area contributed by atoms with Gasteiger partial charge in [-0.2, -0.15) is 9.36 Å². The number of hydrogen-bond donors (Lipinski definition) is 2. The molecule has 9 nitrogen and oxygen atoms in total. The lowest BCUT2D eigenvalue weighted by Crippen LogP contribution is -2.44. The Morgan fingerprint density at radius 1 is 1.04 bits per heavy atom. The molecule has 0 bridgehead atoms. The number of nitrogens with one attached hydrogen (secondary N) is 2. The number of carbonyl (C=O) groups excluding carboxylic acids is 2. The number of carbonyl (C=O) groups is 2. The van der Waals surface area contributed by atoms with E-state index in [1.165, 1.54) is 11.3 Å². The molecule has 2 N–H and O–H groups in total. The van der Waals surface area contributed by atoms with E-state index in [-0.39, 0.29) is 6.54 Å². The number of thiophene rings is 1. The van der Waals surface area contributed by atoms with Gasteiger partial charge in [0, 0.05) is 0 Å². The Labute approximate surface area is 139 Å². The normalized spacial score (nSPS) is 10.3. The van der Waals surface area contributed by atoms with Crippen molar-refractivity contribution in [1.29, 1.82) is 0 Å². The molecule has 0 aliphatic carbocycles. The van der Waals surface area contributed by atoms with Crippen molar-refractivity contribution in [2.75, 3.05) is 0 Å². The number of tetrazole rings is 1. The maximum absolute atomic E-state index is 12.2. The molecule has 2 amide bonds. The molecule has 1 aromatic carbocycles. The van der Waals surface area contributed by atoms with E-state index in [0.29, 0.717) is 10.6 Å². The summed E-state index contributed by atoms with van der Waals surface area (Å²) in [5.74, 6) is -1.03. The molecule has 0 unspecified atom stereocenters. The second-order valence-corrected chi connectivity index (χ2v) is 5.59. The van der Waals surface area contributed by atoms with Crippen molar-refractivity contribution in [3.63, 3.8) is 0 Å². The van der Waals surface area contributed by atoms with Gasteiger partial charge in [0.15, 0.2) is 0 Å². The SMILES string of the molecule is O=C(Cn1nnn(-c2ccccc2)c1=O)NNC(=O)c1cccs1. The van der Waals surface area contributed by atoms with Crippen LogP contribution in [0.3, 0.4) is 0 Å². The van der Waals surface area contributed by atoms with Gasteiger partial charge in [0.05, 0.1) is 10.6 Å². The fourth-order valence-electron chi connectivity index (χ4n) is 1.88. The maximum Gasteiger partial charge on any atom is 0.368 e. The lowest BCUT2D eigenvalue weighted by molar-refractivity contribution is -0.122. The van der Waals surface area contributed by atoms with E-state index in [9.17, 15) is 14.4 Å². The summed E-state index contributed by atoms with van der Waals surface area (Å²) in [7, 11) is 0. The van der Waals surface area contributed by atoms with Gasteiger partial charge in [-0.25, -0.2) is 4.79 Å². The largest absolute Gasteiger partial charge is 0.368 e. The molecule has 122 valence electrons. The molecule has 0 aliphatic rings. The molecule has 0 fully saturated rings. The van der Waals surface area contributed by atoms with Crippen molar-refractivity contribution in [2.24, 2.45) is 0 Å². The third-order valence-corrected chi connectivity index (χ3v) is 3.86. The predicted molar refractivity (Wildman–Crippen MR) is 85.5 cm³/mol. The number of hydrogen-bond acceptors (Lipinski definition) is 6. The standard InChI is InChI=1S/C14H12N6O3S/c21-12(15-16-13(22)11-7-4-8-24-11)9-19-14(23)20(18-17-19)10-5-2-1-3-6-10/h1-8H,9H2,(H,15,21)(H,16,22). The molecule has 0 atom stereocenters. The quantitative estimate of drug-likeness (QED) is 0.645. The van der Waals surface area contributed by atoms with Gasteiger partial charge in [-0.1, -0.05) is 24.3 Å². The van der Waals surface area contributed by atoms with Crippen molar-refractivity contribution >= 4 is 23.2 Å². The Morgan fingerprint density at radius 3 is 2.54 bits per heavy atom. The predicted octanol–water partition coefficient (Wildman–Crippen LogP) is -0.0483. The van der Waals surface area contributed by atoms with Gasteiger partial charge in [0.2, 0.25) is 0 Å². The zero-order valence-corrected chi connectivity index (χ0v) is 13.1. The molecule has 10 heteroatoms. The molecular weight excluding hydrogens is 332 g/mol. The average Bonchev–Trinajstić information content (AvgIpc) is 3.25. The lowest BCUT2D eigenvalue weighted by atomic mass is 10.3. The number of rotatable bonds is 4. The minimum atomic E-state index is -0.595. The molecule has 2 aromatic heterocycles. The van der Waals surface area contributed by atoms with Crippen LogP contribution in [-0.4, -0.2) is 31.6 Å². The first-order chi connectivity index (χ1) is 11.6. The Kier molecular flexibility index (Phi) is 4.47. The van der Waals surface area contributed by atoms with Crippen LogP contribution in [0.1, 0.15) is 9.67 Å². The van der Waals surface area contributed by atoms with E-state index in [4.69, 9.17) is 0 Å². The summed E-state index contributed by atoms with van der Waals surface area (Å²) in [5.41, 5.74) is 4.48. The van der Waals surface area contributed by atoms with E-state index in [2.05, 4.69) is 21.3 Å². The van der Waals surface area contributed by atoms with Crippen molar-refractivity contribution in [2.45, 2.75) is 6.54 Å². The number of nitrogens with zero attached hydrogens (tertiary/aromatic N) is 4. The molecule has 24 heavy (non-hydrogen) atoms. The molecule has 3 aromatic rings. The highest BCUT2D eigenvalue weighted by atomic mass is 32.1. The summed E-state index contributed by atoms with van der Waals surface area (Å²) < 4.78 is 1.98. The van der Waals surface area contributed by atoms with Crippen LogP contribution in [0, 0.1) is 0 Å². The summed E-state index contributed by atoms with van der Waals surface area (Å²) in [5, 5.41) is 9.13. The molecule has 2 heterocycles. The fourth-order valence-corrected chi connectivity index (χ4v) is 2.50. The average molecular weight is 344 g/mol. The maximum atomic E-state index is 12.2. The summed E-state index contributed by atoms with van der Waals surface area (Å²) in [6.07, 6.45) is 0. The van der Waals surface area contributed by atoms with Gasteiger partial charge >= 0.3 is 5.69 Å². The van der Waals surface area contributed by atoms with Crippen molar-refractivity contribution in [3.8, 4) is 5.69 Å². The van der Waals surface area contributed by atoms with Crippen LogP contribution in [0.4, 0.5) is 0 Å². The van der Waals surface area contributed by atoms with Crippen molar-refractivity contribution < 1.29 is 9.59 Å². The lowest BCUT2D eigenvalue weighted by Gasteiger charge is -2.05. The first-order valence-corrected chi connectivity index (χ1v) is 7.74. The van der Waals surface area contributed by atoms with Gasteiger partial charge in [-0.15, -0.1) is 11.3 Å². The Morgan fingerprint density at radius 2 is 1.83 bits per heavy atom. The van der Waals surface area contributed by atoms with Crippen LogP contribution in [0.15, 0.2) is 52.6 Å². The molecule has 0 spiro atoms. The van der Waals surface area contributed by atoms with E-state index in [0.717, 1.165) is 9.36 Å². The molecule has 3 rings (SSSR count). The van der Waals surface area contributed by atoms with E-state index >= 15 is 0 Å². The third kappa shape index (κ3) is 3.38. The third-order valence-electron chi connectivity index (χ3n) is 2.99. The number of aromatic nitrogens is 4. The molecule has 0 saturated carbocycles. The topological polar surface area (TPSA) is 111 Å². The van der Waals surface area contributed by atoms with Gasteiger partial charge in [-0.3, -0.25) is 20.4 Å². The molecular formula is C14H12N6O3S. The highest BCUT2D eigenvalue weighted by molar-refractivity contribution is 7.12. The monoisotopic (exact) mass is 344 g/mol. The van der Waals surface area contributed by atoms with Gasteiger partial charge in [-0.05, 0) is 34.0 Å². The van der Waals surface area contributed by atoms with Crippen LogP contribution in [0.2, 0.25) is 0 Å². The van der Waals surface area contributed by atoms with Crippen LogP contribution in [-0.2, 0) is 11.3 Å². The minimum Gasteiger partial charge on any atom is -0.271 e. The van der Waals surface area contributed by atoms with E-state index < -0.39 is 17.5 Å². The number of amides is 2. The van der Waals surface area contributed by atoms with Crippen molar-refractivity contribution in [1.82, 2.24) is 30.6 Å². The summed E-state index contributed by atoms with van der Waals surface area (Å²) in [4.78, 5) is 36.2. The zero-order valence-electron chi connectivity index (χ0n) is 12.2. The molecule has 0 radical (unpaired) electrons. The molecule has 0 saturated heterocycles. The van der Waals surface area contributed by atoms with Crippen LogP contribution >= 0.6 is 11.3 Å². The number of benzene rings is 1. The van der Waals surface area contributed by atoms with Crippen molar-refractivity contribution in [3.05, 3.63) is 63.2 Å². The van der Waals surface area contributed by atoms with Crippen LogP contribution in [0.25, 0.3) is 5.69 Å². The zero-order chi connectivity index (χ0) is 16.9. The summed E-state index contributed by atoms with van der Waals surface area (Å²) >= 11 is 1.25. The Bertz CT molecular complexity index is 900. The second-order valence-electron chi connectivity index (χ2n) is 4.65. The Balaban J connectivity index is 1.62. The highest BCUT2D eigenvalue weighted by Gasteiger charge is 2.13. The summed E-state index contributed by atoms with van der Waals surface area (Å²) in [6.45, 7) is -0.365. The smallest absolute Gasteiger partial charge is 0.271 e. The number of para-hydroxylation sites is 1. The van der Waals surface area contributed by atoms with Gasteiger partial charge < -0.3 is 0 Å². The van der Waals surface area contributed by atoms with E-state index in [1.54, 1.807) is 41.8 Å². The number of hydrazine groups is 1. The van der Waals surface area contributed by atoms with Crippen LogP contribution < -0.4 is 16.5 Å². The minimum absolute atomic E-state index is 0.365. The van der Waals surface area contributed by atoms with Gasteiger partial charge in [0.25, 0.3) is 11.8 Å². The first-order valence-electron chi connectivity index (χ1n) is 6.86. The summed E-state index contributed by atoms with van der Waals surface area (Å²) in [6, 6.07) is 12.1. The first kappa shape index (κ1) is 15.6. The van der Waals surface area contributed by atoms with Gasteiger partial charge in [0.1, 0.15) is 6.54 Å².